The molecular formula is C6H14SSi. The van der Waals surface area contributed by atoms with Gasteiger partial charge in [-0.05, 0) is 11.1 Å². The van der Waals surface area contributed by atoms with E-state index in [-0.39, 0.29) is 0 Å². The second kappa shape index (κ2) is 3.46. The van der Waals surface area contributed by atoms with Gasteiger partial charge < -0.3 is 0 Å². The van der Waals surface area contributed by atoms with Crippen molar-refractivity contribution < 1.29 is 0 Å². The molecule has 0 spiro atoms. The zero-order valence-corrected chi connectivity index (χ0v) is 7.88. The highest BCUT2D eigenvalue weighted by Crippen LogP contribution is 2.14. The van der Waals surface area contributed by atoms with Crippen molar-refractivity contribution in [2.24, 2.45) is 0 Å². The largest absolute Gasteiger partial charge is 0.139 e. The molecular weight excluding hydrogens is 132 g/mol. The molecule has 0 amide bonds. The Hall–Kier alpha value is 0.437. The van der Waals surface area contributed by atoms with Crippen LogP contribution < -0.4 is 0 Å². The molecule has 0 fully saturated rings. The predicted molar refractivity (Wildman–Crippen MR) is 43.5 cm³/mol. The van der Waals surface area contributed by atoms with Gasteiger partial charge in [0.25, 0.3) is 0 Å². The molecule has 8 heavy (non-hydrogen) atoms. The lowest BCUT2D eigenvalue weighted by Crippen LogP contribution is -2.05. The minimum absolute atomic E-state index is 0.440. The third kappa shape index (κ3) is 2.67. The Bertz CT molecular complexity index is 76.5. The van der Waals surface area contributed by atoms with Crippen molar-refractivity contribution in [3.63, 3.8) is 0 Å². The lowest BCUT2D eigenvalue weighted by atomic mass is 10.5. The first kappa shape index (κ1) is 8.44. The summed E-state index contributed by atoms with van der Waals surface area (Å²) in [6.07, 6.45) is 0. The summed E-state index contributed by atoms with van der Waals surface area (Å²) in [5, 5.41) is 0. The Morgan fingerprint density at radius 3 is 1.25 bits per heavy atom. The standard InChI is InChI=1S/C6H14SSi/c1-5(2)8(7)6(3)4/h5-6H,1-4H3. The van der Waals surface area contributed by atoms with Crippen molar-refractivity contribution in [2.45, 2.75) is 38.8 Å². The van der Waals surface area contributed by atoms with E-state index in [1.165, 1.54) is 0 Å². The van der Waals surface area contributed by atoms with E-state index in [0.717, 1.165) is 11.1 Å². The maximum Gasteiger partial charge on any atom is 0.0992 e. The molecule has 0 heterocycles. The Morgan fingerprint density at radius 2 is 1.25 bits per heavy atom. The SMILES string of the molecule is CC(C)[Si](=S)C(C)C. The van der Waals surface area contributed by atoms with Crippen LogP contribution in [0.2, 0.25) is 11.1 Å². The maximum atomic E-state index is 5.29. The van der Waals surface area contributed by atoms with Gasteiger partial charge in [-0.25, -0.2) is 0 Å². The van der Waals surface area contributed by atoms with E-state index in [1.807, 2.05) is 0 Å². The molecule has 0 aromatic carbocycles. The summed E-state index contributed by atoms with van der Waals surface area (Å²) in [6.45, 7) is 8.89. The van der Waals surface area contributed by atoms with Crippen LogP contribution in [-0.2, 0) is 0 Å². The minimum atomic E-state index is -0.440. The number of hydrogen-bond acceptors (Lipinski definition) is 1. The Morgan fingerprint density at radius 1 is 1.00 bits per heavy atom. The average molecular weight is 146 g/mol. The van der Waals surface area contributed by atoms with E-state index in [4.69, 9.17) is 11.6 Å². The van der Waals surface area contributed by atoms with Crippen molar-refractivity contribution in [2.75, 3.05) is 0 Å². The van der Waals surface area contributed by atoms with Crippen molar-refractivity contribution in [3.8, 4) is 0 Å². The fourth-order valence-corrected chi connectivity index (χ4v) is 2.00. The zero-order chi connectivity index (χ0) is 6.73. The third-order valence-electron chi connectivity index (χ3n) is 1.14. The molecule has 0 radical (unpaired) electrons. The molecule has 0 N–H and O–H groups in total. The predicted octanol–water partition coefficient (Wildman–Crippen LogP) is 3.00. The first-order valence-electron chi connectivity index (χ1n) is 3.09. The van der Waals surface area contributed by atoms with Gasteiger partial charge in [-0.15, -0.1) is 11.6 Å². The molecule has 2 heteroatoms. The van der Waals surface area contributed by atoms with Crippen LogP contribution in [0.25, 0.3) is 0 Å². The van der Waals surface area contributed by atoms with Crippen LogP contribution in [0.4, 0.5) is 0 Å². The lowest BCUT2D eigenvalue weighted by Gasteiger charge is -2.07. The van der Waals surface area contributed by atoms with Gasteiger partial charge in [0.1, 0.15) is 0 Å². The molecule has 0 aromatic heterocycles. The van der Waals surface area contributed by atoms with Crippen molar-refractivity contribution >= 4 is 19.1 Å². The van der Waals surface area contributed by atoms with Gasteiger partial charge in [0.2, 0.25) is 0 Å². The second-order valence-electron chi connectivity index (χ2n) is 2.71. The number of rotatable bonds is 2. The summed E-state index contributed by atoms with van der Waals surface area (Å²) in [5.74, 6) is 0. The van der Waals surface area contributed by atoms with Crippen molar-refractivity contribution in [1.82, 2.24) is 0 Å². The zero-order valence-electron chi connectivity index (χ0n) is 6.06. The first-order valence-corrected chi connectivity index (χ1v) is 5.88. The molecule has 0 nitrogen and oxygen atoms in total. The van der Waals surface area contributed by atoms with E-state index >= 15 is 0 Å². The summed E-state index contributed by atoms with van der Waals surface area (Å²) in [7, 11) is -0.440. The Kier molecular flexibility index (Phi) is 3.65. The molecule has 0 saturated carbocycles. The molecule has 0 saturated heterocycles. The molecule has 48 valence electrons. The van der Waals surface area contributed by atoms with E-state index in [0.29, 0.717) is 0 Å². The first-order chi connectivity index (χ1) is 3.55. The van der Waals surface area contributed by atoms with Crippen LogP contribution in [0, 0.1) is 0 Å². The molecule has 0 aliphatic carbocycles. The highest BCUT2D eigenvalue weighted by atomic mass is 32.2. The topological polar surface area (TPSA) is 0 Å². The van der Waals surface area contributed by atoms with Gasteiger partial charge in [-0.2, -0.15) is 0 Å². The summed E-state index contributed by atoms with van der Waals surface area (Å²) < 4.78 is 0. The van der Waals surface area contributed by atoms with Gasteiger partial charge in [-0.3, -0.25) is 0 Å². The molecule has 0 aromatic rings. The van der Waals surface area contributed by atoms with E-state index < -0.39 is 7.50 Å². The van der Waals surface area contributed by atoms with Crippen molar-refractivity contribution in [1.29, 1.82) is 0 Å². The second-order valence-corrected chi connectivity index (χ2v) is 7.24. The van der Waals surface area contributed by atoms with Gasteiger partial charge >= 0.3 is 0 Å². The van der Waals surface area contributed by atoms with Crippen molar-refractivity contribution in [3.05, 3.63) is 0 Å². The number of hydrogen-bond donors (Lipinski definition) is 0. The maximum absolute atomic E-state index is 5.29. The summed E-state index contributed by atoms with van der Waals surface area (Å²) in [5.41, 5.74) is 1.52. The Balaban J connectivity index is 3.65. The van der Waals surface area contributed by atoms with Gasteiger partial charge in [0.15, 0.2) is 0 Å². The molecule has 0 unspecified atom stereocenters. The van der Waals surface area contributed by atoms with Crippen LogP contribution in [-0.4, -0.2) is 7.50 Å². The normalized spacial score (nSPS) is 10.8. The minimum Gasteiger partial charge on any atom is -0.139 e. The fourth-order valence-electron chi connectivity index (χ4n) is 0.667. The Labute approximate surface area is 58.4 Å². The monoisotopic (exact) mass is 146 g/mol. The molecule has 0 aliphatic heterocycles. The fraction of sp³-hybridized carbons (Fsp3) is 1.00. The highest BCUT2D eigenvalue weighted by molar-refractivity contribution is 7.88. The van der Waals surface area contributed by atoms with Crippen LogP contribution >= 0.6 is 11.6 Å². The summed E-state index contributed by atoms with van der Waals surface area (Å²) >= 11 is 5.29. The van der Waals surface area contributed by atoms with Crippen LogP contribution in [0.5, 0.6) is 0 Å². The van der Waals surface area contributed by atoms with Crippen LogP contribution in [0.15, 0.2) is 0 Å². The van der Waals surface area contributed by atoms with E-state index in [2.05, 4.69) is 27.7 Å². The van der Waals surface area contributed by atoms with E-state index in [9.17, 15) is 0 Å². The summed E-state index contributed by atoms with van der Waals surface area (Å²) in [6, 6.07) is 0. The molecule has 0 bridgehead atoms. The highest BCUT2D eigenvalue weighted by Gasteiger charge is 2.07. The molecule has 0 rings (SSSR count). The van der Waals surface area contributed by atoms with Crippen LogP contribution in [0.3, 0.4) is 0 Å². The third-order valence-corrected chi connectivity index (χ3v) is 6.24. The smallest absolute Gasteiger partial charge is 0.0992 e. The summed E-state index contributed by atoms with van der Waals surface area (Å²) in [4.78, 5) is 0. The molecule has 0 aliphatic rings. The quantitative estimate of drug-likeness (QED) is 0.540. The molecule has 0 atom stereocenters. The van der Waals surface area contributed by atoms with Crippen LogP contribution in [0.1, 0.15) is 27.7 Å². The van der Waals surface area contributed by atoms with Gasteiger partial charge in [0.05, 0.1) is 7.50 Å². The van der Waals surface area contributed by atoms with E-state index in [1.54, 1.807) is 0 Å². The van der Waals surface area contributed by atoms with Gasteiger partial charge in [0, 0.05) is 0 Å². The van der Waals surface area contributed by atoms with Gasteiger partial charge in [-0.1, -0.05) is 27.7 Å². The lowest BCUT2D eigenvalue weighted by molar-refractivity contribution is 0.968. The average Bonchev–Trinajstić information content (AvgIpc) is 1.64.